The van der Waals surface area contributed by atoms with E-state index in [-0.39, 0.29) is 6.04 Å². The van der Waals surface area contributed by atoms with Gasteiger partial charge in [-0.3, -0.25) is 0 Å². The fourth-order valence-corrected chi connectivity index (χ4v) is 4.33. The summed E-state index contributed by atoms with van der Waals surface area (Å²) in [7, 11) is 0. The van der Waals surface area contributed by atoms with Crippen LogP contribution in [0.1, 0.15) is 48.7 Å². The van der Waals surface area contributed by atoms with Crippen molar-refractivity contribution in [3.05, 3.63) is 65.9 Å². The van der Waals surface area contributed by atoms with Gasteiger partial charge in [0.1, 0.15) is 6.33 Å². The van der Waals surface area contributed by atoms with E-state index >= 15 is 0 Å². The molecule has 1 fully saturated rings. The molecule has 0 amide bonds. The Bertz CT molecular complexity index is 1160. The number of rotatable bonds is 3. The molecule has 3 aromatic heterocycles. The largest absolute Gasteiger partial charge is 0.238 e. The molecule has 1 aromatic carbocycles. The van der Waals surface area contributed by atoms with E-state index in [1.54, 1.807) is 10.8 Å². The second-order valence-corrected chi connectivity index (χ2v) is 7.79. The van der Waals surface area contributed by atoms with Gasteiger partial charge in [-0.15, -0.1) is 0 Å². The van der Waals surface area contributed by atoms with Gasteiger partial charge in [-0.1, -0.05) is 31.2 Å². The van der Waals surface area contributed by atoms with Gasteiger partial charge in [0.2, 0.25) is 0 Å². The lowest BCUT2D eigenvalue weighted by atomic mass is 10.1. The summed E-state index contributed by atoms with van der Waals surface area (Å²) >= 11 is 0. The summed E-state index contributed by atoms with van der Waals surface area (Å²) in [6.07, 6.45) is 6.93. The highest BCUT2D eigenvalue weighted by atomic mass is 15.4. The molecule has 6 rings (SSSR count). The number of nitrogens with zero attached hydrogens (tertiary/aromatic N) is 6. The molecular weight excluding hydrogens is 336 g/mol. The monoisotopic (exact) mass is 356 g/mol. The zero-order valence-corrected chi connectivity index (χ0v) is 15.2. The molecular formula is C21H20N6. The Morgan fingerprint density at radius 3 is 2.89 bits per heavy atom. The quantitative estimate of drug-likeness (QED) is 0.562. The maximum absolute atomic E-state index is 5.01. The van der Waals surface area contributed by atoms with Gasteiger partial charge in [-0.05, 0) is 48.4 Å². The fraction of sp³-hybridized carbons (Fsp3) is 0.333. The number of benzene rings is 1. The highest BCUT2D eigenvalue weighted by Gasteiger charge is 2.39. The SMILES string of the molecule is C[C@@H]1C[C@H]1c1nc(-c2ccc3ncnn3c2)n(C2CCc3ccccc32)n1. The van der Waals surface area contributed by atoms with Gasteiger partial charge >= 0.3 is 0 Å². The Kier molecular flexibility index (Phi) is 3.06. The summed E-state index contributed by atoms with van der Waals surface area (Å²) in [5.41, 5.74) is 4.68. The maximum Gasteiger partial charge on any atom is 0.160 e. The molecule has 3 heterocycles. The molecule has 0 bridgehead atoms. The minimum absolute atomic E-state index is 0.248. The molecule has 6 nitrogen and oxygen atoms in total. The number of fused-ring (bicyclic) bond motifs is 2. The molecule has 27 heavy (non-hydrogen) atoms. The molecule has 0 N–H and O–H groups in total. The lowest BCUT2D eigenvalue weighted by molar-refractivity contribution is 0.519. The van der Waals surface area contributed by atoms with Crippen molar-refractivity contribution in [3.8, 4) is 11.4 Å². The number of hydrogen-bond donors (Lipinski definition) is 0. The van der Waals surface area contributed by atoms with Gasteiger partial charge in [-0.2, -0.15) is 10.2 Å². The van der Waals surface area contributed by atoms with Crippen molar-refractivity contribution in [3.63, 3.8) is 0 Å². The van der Waals surface area contributed by atoms with Crippen LogP contribution < -0.4 is 0 Å². The van der Waals surface area contributed by atoms with E-state index in [0.717, 1.165) is 35.7 Å². The second-order valence-electron chi connectivity index (χ2n) is 7.79. The highest BCUT2D eigenvalue weighted by Crippen LogP contribution is 2.46. The van der Waals surface area contributed by atoms with E-state index in [1.165, 1.54) is 17.5 Å². The molecule has 2 aliphatic carbocycles. The first kappa shape index (κ1) is 15.1. The van der Waals surface area contributed by atoms with E-state index in [4.69, 9.17) is 10.1 Å². The Hall–Kier alpha value is -3.02. The number of hydrogen-bond acceptors (Lipinski definition) is 4. The van der Waals surface area contributed by atoms with Crippen LogP contribution in [0.25, 0.3) is 17.0 Å². The highest BCUT2D eigenvalue weighted by molar-refractivity contribution is 5.58. The van der Waals surface area contributed by atoms with Gasteiger partial charge in [-0.25, -0.2) is 19.2 Å². The van der Waals surface area contributed by atoms with Crippen LogP contribution in [0, 0.1) is 5.92 Å². The van der Waals surface area contributed by atoms with Gasteiger partial charge in [0, 0.05) is 17.7 Å². The fourth-order valence-electron chi connectivity index (χ4n) is 4.33. The van der Waals surface area contributed by atoms with Crippen LogP contribution in [0.15, 0.2) is 48.9 Å². The normalized spacial score (nSPS) is 23.7. The summed E-state index contributed by atoms with van der Waals surface area (Å²) in [6, 6.07) is 13.0. The Balaban J connectivity index is 1.51. The zero-order valence-electron chi connectivity index (χ0n) is 15.2. The standard InChI is InChI=1S/C21H20N6/c1-13-10-17(13)20-24-21(15-7-9-19-22-12-23-26(19)11-15)27(25-20)18-8-6-14-4-2-3-5-16(14)18/h2-5,7,9,11-13,17-18H,6,8,10H2,1H3/t13-,17-,18?/m1/s1. The third-order valence-corrected chi connectivity index (χ3v) is 6.02. The number of aryl methyl sites for hydroxylation is 1. The smallest absolute Gasteiger partial charge is 0.160 e. The maximum atomic E-state index is 5.01. The third kappa shape index (κ3) is 2.32. The van der Waals surface area contributed by atoms with Gasteiger partial charge in [0.15, 0.2) is 17.3 Å². The average Bonchev–Trinajstić information content (AvgIpc) is 3.13. The number of pyridine rings is 1. The molecule has 3 atom stereocenters. The minimum Gasteiger partial charge on any atom is -0.238 e. The van der Waals surface area contributed by atoms with Gasteiger partial charge < -0.3 is 0 Å². The first-order chi connectivity index (χ1) is 13.3. The lowest BCUT2D eigenvalue weighted by Gasteiger charge is -2.15. The molecule has 1 saturated carbocycles. The summed E-state index contributed by atoms with van der Waals surface area (Å²) in [6.45, 7) is 2.28. The predicted octanol–water partition coefficient (Wildman–Crippen LogP) is 3.65. The summed E-state index contributed by atoms with van der Waals surface area (Å²) in [5, 5.41) is 9.29. The van der Waals surface area contributed by atoms with Crippen LogP contribution >= 0.6 is 0 Å². The van der Waals surface area contributed by atoms with Crippen LogP contribution in [-0.2, 0) is 6.42 Å². The van der Waals surface area contributed by atoms with Crippen molar-refractivity contribution in [2.45, 2.75) is 38.1 Å². The summed E-state index contributed by atoms with van der Waals surface area (Å²) in [5.74, 6) is 3.10. The summed E-state index contributed by atoms with van der Waals surface area (Å²) < 4.78 is 3.96. The minimum atomic E-state index is 0.248. The van der Waals surface area contributed by atoms with Crippen molar-refractivity contribution in [2.75, 3.05) is 0 Å². The Labute approximate surface area is 156 Å². The third-order valence-electron chi connectivity index (χ3n) is 6.02. The van der Waals surface area contributed by atoms with Crippen LogP contribution in [0.3, 0.4) is 0 Å². The predicted molar refractivity (Wildman–Crippen MR) is 101 cm³/mol. The average molecular weight is 356 g/mol. The Morgan fingerprint density at radius 1 is 1.11 bits per heavy atom. The van der Waals surface area contributed by atoms with Crippen molar-refractivity contribution in [1.29, 1.82) is 0 Å². The van der Waals surface area contributed by atoms with Crippen molar-refractivity contribution in [1.82, 2.24) is 29.4 Å². The molecule has 0 spiro atoms. The molecule has 0 aliphatic heterocycles. The van der Waals surface area contributed by atoms with Crippen LogP contribution in [-0.4, -0.2) is 29.4 Å². The van der Waals surface area contributed by atoms with E-state index in [0.29, 0.717) is 11.8 Å². The van der Waals surface area contributed by atoms with Crippen LogP contribution in [0.4, 0.5) is 0 Å². The first-order valence-electron chi connectivity index (χ1n) is 9.62. The molecule has 6 heteroatoms. The molecule has 0 radical (unpaired) electrons. The topological polar surface area (TPSA) is 60.9 Å². The Morgan fingerprint density at radius 2 is 2.00 bits per heavy atom. The van der Waals surface area contributed by atoms with Gasteiger partial charge in [0.25, 0.3) is 0 Å². The van der Waals surface area contributed by atoms with Gasteiger partial charge in [0.05, 0.1) is 6.04 Å². The van der Waals surface area contributed by atoms with E-state index in [9.17, 15) is 0 Å². The zero-order chi connectivity index (χ0) is 18.0. The first-order valence-corrected chi connectivity index (χ1v) is 9.62. The molecule has 4 aromatic rings. The molecule has 0 saturated heterocycles. The van der Waals surface area contributed by atoms with Crippen molar-refractivity contribution in [2.24, 2.45) is 5.92 Å². The van der Waals surface area contributed by atoms with Crippen molar-refractivity contribution < 1.29 is 0 Å². The van der Waals surface area contributed by atoms with Crippen LogP contribution in [0.5, 0.6) is 0 Å². The number of aromatic nitrogens is 6. The lowest BCUT2D eigenvalue weighted by Crippen LogP contribution is -2.11. The molecule has 2 aliphatic rings. The molecule has 134 valence electrons. The molecule has 1 unspecified atom stereocenters. The van der Waals surface area contributed by atoms with Crippen molar-refractivity contribution >= 4 is 5.65 Å². The van der Waals surface area contributed by atoms with E-state index < -0.39 is 0 Å². The summed E-state index contributed by atoms with van der Waals surface area (Å²) in [4.78, 5) is 9.24. The van der Waals surface area contributed by atoms with E-state index in [2.05, 4.69) is 52.0 Å². The van der Waals surface area contributed by atoms with Crippen LogP contribution in [0.2, 0.25) is 0 Å². The second kappa shape index (κ2) is 5.49. The van der Waals surface area contributed by atoms with E-state index in [1.807, 2.05) is 12.3 Å².